The molecule has 0 aliphatic rings. The summed E-state index contributed by atoms with van der Waals surface area (Å²) in [6, 6.07) is 19.2. The minimum atomic E-state index is -0.363. The summed E-state index contributed by atoms with van der Waals surface area (Å²) in [5.41, 5.74) is 2.51. The van der Waals surface area contributed by atoms with Crippen LogP contribution in [0.25, 0.3) is 11.0 Å². The third-order valence-corrected chi connectivity index (χ3v) is 5.55. The zero-order valence-electron chi connectivity index (χ0n) is 15.9. The average molecular weight is 442 g/mol. The number of hydrogen-bond donors (Lipinski definition) is 1. The fourth-order valence-electron chi connectivity index (χ4n) is 3.36. The average Bonchev–Trinajstić information content (AvgIpc) is 3.08. The van der Waals surface area contributed by atoms with E-state index in [0.717, 1.165) is 16.9 Å². The number of para-hydroxylation sites is 2. The van der Waals surface area contributed by atoms with Crippen molar-refractivity contribution < 1.29 is 9.18 Å². The van der Waals surface area contributed by atoms with E-state index in [9.17, 15) is 9.18 Å². The number of carbonyl (C=O) groups excluding carboxylic acids is 1. The van der Waals surface area contributed by atoms with E-state index >= 15 is 0 Å². The van der Waals surface area contributed by atoms with Gasteiger partial charge in [0.2, 0.25) is 0 Å². The zero-order valence-corrected chi connectivity index (χ0v) is 17.4. The van der Waals surface area contributed by atoms with Gasteiger partial charge in [0.25, 0.3) is 5.91 Å². The third kappa shape index (κ3) is 4.18. The van der Waals surface area contributed by atoms with Gasteiger partial charge in [0.1, 0.15) is 11.6 Å². The van der Waals surface area contributed by atoms with E-state index in [1.807, 2.05) is 28.8 Å². The summed E-state index contributed by atoms with van der Waals surface area (Å²) in [7, 11) is 0. The molecule has 0 bridgehead atoms. The molecule has 30 heavy (non-hydrogen) atoms. The topological polar surface area (TPSA) is 46.9 Å². The number of hydrogen-bond acceptors (Lipinski definition) is 2. The van der Waals surface area contributed by atoms with Crippen LogP contribution in [0.4, 0.5) is 4.39 Å². The van der Waals surface area contributed by atoms with Crippen LogP contribution in [0.3, 0.4) is 0 Å². The molecule has 152 valence electrons. The van der Waals surface area contributed by atoms with Crippen molar-refractivity contribution in [2.75, 3.05) is 6.54 Å². The first-order valence-corrected chi connectivity index (χ1v) is 10.2. The Bertz CT molecular complexity index is 1200. The fraction of sp³-hybridized carbons (Fsp3) is 0.130. The number of carbonyl (C=O) groups is 1. The van der Waals surface area contributed by atoms with Crippen molar-refractivity contribution in [2.45, 2.75) is 13.0 Å². The Morgan fingerprint density at radius 3 is 2.50 bits per heavy atom. The molecule has 0 atom stereocenters. The SMILES string of the molecule is O=C(NCCc1nc2ccccc2n1Cc1c(F)cccc1Cl)c1ccccc1Cl. The van der Waals surface area contributed by atoms with Crippen molar-refractivity contribution in [2.24, 2.45) is 0 Å². The molecule has 4 nitrogen and oxygen atoms in total. The van der Waals surface area contributed by atoms with Gasteiger partial charge in [-0.2, -0.15) is 0 Å². The smallest absolute Gasteiger partial charge is 0.252 e. The van der Waals surface area contributed by atoms with Crippen molar-refractivity contribution in [1.29, 1.82) is 0 Å². The number of imidazole rings is 1. The zero-order chi connectivity index (χ0) is 21.1. The molecule has 4 rings (SSSR count). The lowest BCUT2D eigenvalue weighted by atomic mass is 10.2. The van der Waals surface area contributed by atoms with Gasteiger partial charge >= 0.3 is 0 Å². The van der Waals surface area contributed by atoms with E-state index in [2.05, 4.69) is 10.3 Å². The standard InChI is InChI=1S/C23H18Cl2FN3O/c24-17-7-2-1-6-15(17)23(30)27-13-12-22-28-20-10-3-4-11-21(20)29(22)14-16-18(25)8-5-9-19(16)26/h1-11H,12-14H2,(H,27,30). The lowest BCUT2D eigenvalue weighted by Crippen LogP contribution is -2.26. The second-order valence-electron chi connectivity index (χ2n) is 6.79. The van der Waals surface area contributed by atoms with Crippen LogP contribution in [0.15, 0.2) is 66.7 Å². The number of halogens is 3. The van der Waals surface area contributed by atoms with Gasteiger partial charge in [-0.1, -0.05) is 53.5 Å². The normalized spacial score (nSPS) is 11.0. The van der Waals surface area contributed by atoms with Gasteiger partial charge in [-0.25, -0.2) is 9.37 Å². The fourth-order valence-corrected chi connectivity index (χ4v) is 3.81. The molecule has 1 N–H and O–H groups in total. The molecule has 1 aromatic heterocycles. The Balaban J connectivity index is 1.57. The van der Waals surface area contributed by atoms with Crippen molar-refractivity contribution in [3.8, 4) is 0 Å². The van der Waals surface area contributed by atoms with Crippen molar-refractivity contribution in [3.05, 3.63) is 99.5 Å². The summed E-state index contributed by atoms with van der Waals surface area (Å²) in [6.45, 7) is 0.609. The molecule has 0 aliphatic carbocycles. The number of aromatic nitrogens is 2. The number of fused-ring (bicyclic) bond motifs is 1. The molecular weight excluding hydrogens is 424 g/mol. The van der Waals surface area contributed by atoms with E-state index in [1.54, 1.807) is 36.4 Å². The first-order valence-electron chi connectivity index (χ1n) is 9.44. The van der Waals surface area contributed by atoms with Gasteiger partial charge in [-0.15, -0.1) is 0 Å². The van der Waals surface area contributed by atoms with Crippen molar-refractivity contribution in [3.63, 3.8) is 0 Å². The maximum atomic E-state index is 14.4. The summed E-state index contributed by atoms with van der Waals surface area (Å²) in [5.74, 6) is 0.119. The van der Waals surface area contributed by atoms with Crippen LogP contribution in [0, 0.1) is 5.82 Å². The van der Waals surface area contributed by atoms with E-state index < -0.39 is 0 Å². The van der Waals surface area contributed by atoms with Gasteiger partial charge in [-0.3, -0.25) is 4.79 Å². The molecule has 7 heteroatoms. The predicted octanol–water partition coefficient (Wildman–Crippen LogP) is 5.50. The van der Waals surface area contributed by atoms with Gasteiger partial charge < -0.3 is 9.88 Å². The number of benzene rings is 3. The predicted molar refractivity (Wildman–Crippen MR) is 118 cm³/mol. The monoisotopic (exact) mass is 441 g/mol. The first kappa shape index (κ1) is 20.4. The molecule has 4 aromatic rings. The molecule has 0 saturated heterocycles. The van der Waals surface area contributed by atoms with E-state index in [0.29, 0.717) is 34.1 Å². The maximum Gasteiger partial charge on any atom is 0.252 e. The maximum absolute atomic E-state index is 14.4. The Labute approximate surface area is 183 Å². The van der Waals surface area contributed by atoms with E-state index in [4.69, 9.17) is 23.2 Å². The molecule has 0 fully saturated rings. The number of rotatable bonds is 6. The summed E-state index contributed by atoms with van der Waals surface area (Å²) in [4.78, 5) is 17.1. The van der Waals surface area contributed by atoms with Crippen LogP contribution in [-0.2, 0) is 13.0 Å². The number of amides is 1. The Kier molecular flexibility index (Phi) is 6.02. The number of nitrogens with zero attached hydrogens (tertiary/aromatic N) is 2. The van der Waals surface area contributed by atoms with E-state index in [-0.39, 0.29) is 18.3 Å². The lowest BCUT2D eigenvalue weighted by Gasteiger charge is -2.12. The van der Waals surface area contributed by atoms with Crippen LogP contribution in [0.1, 0.15) is 21.7 Å². The highest BCUT2D eigenvalue weighted by atomic mass is 35.5. The summed E-state index contributed by atoms with van der Waals surface area (Å²) < 4.78 is 16.3. The first-order chi connectivity index (χ1) is 14.5. The van der Waals surface area contributed by atoms with Crippen LogP contribution in [0.5, 0.6) is 0 Å². The summed E-state index contributed by atoms with van der Waals surface area (Å²) in [5, 5.41) is 3.64. The van der Waals surface area contributed by atoms with Crippen molar-refractivity contribution >= 4 is 40.1 Å². The minimum Gasteiger partial charge on any atom is -0.352 e. The molecule has 3 aromatic carbocycles. The highest BCUT2D eigenvalue weighted by Crippen LogP contribution is 2.24. The molecular formula is C23H18Cl2FN3O. The second-order valence-corrected chi connectivity index (χ2v) is 7.60. The van der Waals surface area contributed by atoms with Crippen LogP contribution < -0.4 is 5.32 Å². The largest absolute Gasteiger partial charge is 0.352 e. The van der Waals surface area contributed by atoms with Gasteiger partial charge in [0.05, 0.1) is 28.2 Å². The highest BCUT2D eigenvalue weighted by molar-refractivity contribution is 6.33. The Morgan fingerprint density at radius 2 is 1.70 bits per heavy atom. The summed E-state index contributed by atoms with van der Waals surface area (Å²) in [6.07, 6.45) is 0.469. The van der Waals surface area contributed by atoms with Crippen molar-refractivity contribution in [1.82, 2.24) is 14.9 Å². The molecule has 1 heterocycles. The summed E-state index contributed by atoms with van der Waals surface area (Å²) >= 11 is 12.3. The van der Waals surface area contributed by atoms with E-state index in [1.165, 1.54) is 6.07 Å². The molecule has 0 saturated carbocycles. The van der Waals surface area contributed by atoms with Crippen LogP contribution in [-0.4, -0.2) is 22.0 Å². The lowest BCUT2D eigenvalue weighted by molar-refractivity contribution is 0.0954. The Hall–Kier alpha value is -2.89. The van der Waals surface area contributed by atoms with Gasteiger partial charge in [0, 0.05) is 23.6 Å². The number of nitrogens with one attached hydrogen (secondary N) is 1. The Morgan fingerprint density at radius 1 is 0.967 bits per heavy atom. The van der Waals surface area contributed by atoms with Crippen LogP contribution >= 0.6 is 23.2 Å². The highest BCUT2D eigenvalue weighted by Gasteiger charge is 2.15. The molecule has 0 aliphatic heterocycles. The molecule has 0 spiro atoms. The quantitative estimate of drug-likeness (QED) is 0.429. The van der Waals surface area contributed by atoms with Gasteiger partial charge in [0.15, 0.2) is 0 Å². The second kappa shape index (κ2) is 8.86. The molecule has 0 unspecified atom stereocenters. The van der Waals surface area contributed by atoms with Gasteiger partial charge in [-0.05, 0) is 36.4 Å². The van der Waals surface area contributed by atoms with Crippen LogP contribution in [0.2, 0.25) is 10.0 Å². The third-order valence-electron chi connectivity index (χ3n) is 4.86. The molecule has 1 amide bonds. The minimum absolute atomic E-state index is 0.250. The molecule has 0 radical (unpaired) electrons.